The maximum absolute atomic E-state index is 10.4. The van der Waals surface area contributed by atoms with E-state index in [1.54, 1.807) is 0 Å². The maximum Gasteiger partial charge on any atom is 0.303 e. The largest absolute Gasteiger partial charge is 0.494 e. The van der Waals surface area contributed by atoms with Crippen molar-refractivity contribution in [2.24, 2.45) is 11.8 Å². The Balaban J connectivity index is 1.62. The van der Waals surface area contributed by atoms with E-state index in [1.165, 1.54) is 0 Å². The van der Waals surface area contributed by atoms with Gasteiger partial charge in [-0.25, -0.2) is 0 Å². The third kappa shape index (κ3) is 6.87. The van der Waals surface area contributed by atoms with Crippen molar-refractivity contribution in [1.29, 1.82) is 0 Å². The molecule has 126 valence electrons. The van der Waals surface area contributed by atoms with Crippen LogP contribution < -0.4 is 4.74 Å². The zero-order valence-electron chi connectivity index (χ0n) is 13.5. The molecule has 1 aliphatic heterocycles. The van der Waals surface area contributed by atoms with Crippen molar-refractivity contribution in [3.8, 4) is 5.75 Å². The lowest BCUT2D eigenvalue weighted by molar-refractivity contribution is -0.137. The molecule has 1 heterocycles. The van der Waals surface area contributed by atoms with Crippen molar-refractivity contribution >= 4 is 5.97 Å². The van der Waals surface area contributed by atoms with E-state index in [-0.39, 0.29) is 6.42 Å². The average Bonchev–Trinajstić information content (AvgIpc) is 2.99. The van der Waals surface area contributed by atoms with E-state index in [2.05, 4.69) is 12.2 Å². The smallest absolute Gasteiger partial charge is 0.303 e. The zero-order chi connectivity index (χ0) is 16.3. The summed E-state index contributed by atoms with van der Waals surface area (Å²) < 4.78 is 11.4. The average molecular weight is 318 g/mol. The summed E-state index contributed by atoms with van der Waals surface area (Å²) in [5.74, 6) is 1.29. The van der Waals surface area contributed by atoms with Gasteiger partial charge in [-0.05, 0) is 49.7 Å². The lowest BCUT2D eigenvalue weighted by atomic mass is 9.90. The number of carboxylic acid groups (broad SMARTS) is 1. The van der Waals surface area contributed by atoms with Crippen LogP contribution in [-0.2, 0) is 9.53 Å². The number of hydrogen-bond acceptors (Lipinski definition) is 3. The molecule has 0 spiro atoms. The van der Waals surface area contributed by atoms with Crippen molar-refractivity contribution in [3.05, 3.63) is 42.5 Å². The molecule has 1 aromatic carbocycles. The number of aliphatic carboxylic acids is 1. The van der Waals surface area contributed by atoms with Crippen LogP contribution in [0.25, 0.3) is 0 Å². The first-order valence-electron chi connectivity index (χ1n) is 8.38. The first-order chi connectivity index (χ1) is 11.3. The molecule has 0 unspecified atom stereocenters. The molecular weight excluding hydrogens is 292 g/mol. The molecule has 0 aromatic heterocycles. The summed E-state index contributed by atoms with van der Waals surface area (Å²) >= 11 is 0. The molecule has 1 saturated heterocycles. The van der Waals surface area contributed by atoms with Gasteiger partial charge in [0.2, 0.25) is 0 Å². The van der Waals surface area contributed by atoms with Crippen molar-refractivity contribution in [3.63, 3.8) is 0 Å². The van der Waals surface area contributed by atoms with Crippen LogP contribution >= 0.6 is 0 Å². The molecule has 1 N–H and O–H groups in total. The molecule has 4 heteroatoms. The Bertz CT molecular complexity index is 483. The van der Waals surface area contributed by atoms with Gasteiger partial charge in [-0.1, -0.05) is 30.4 Å². The van der Waals surface area contributed by atoms with E-state index in [0.29, 0.717) is 18.3 Å². The Hall–Kier alpha value is -1.81. The number of allylic oxidation sites excluding steroid dienone is 2. The van der Waals surface area contributed by atoms with Crippen molar-refractivity contribution in [2.75, 3.05) is 19.8 Å². The number of rotatable bonds is 10. The molecule has 2 atom stereocenters. The molecule has 23 heavy (non-hydrogen) atoms. The van der Waals surface area contributed by atoms with E-state index in [4.69, 9.17) is 14.6 Å². The second kappa shape index (κ2) is 10.1. The van der Waals surface area contributed by atoms with Crippen molar-refractivity contribution in [2.45, 2.75) is 32.1 Å². The van der Waals surface area contributed by atoms with Crippen LogP contribution in [0.2, 0.25) is 0 Å². The van der Waals surface area contributed by atoms with Gasteiger partial charge in [-0.15, -0.1) is 0 Å². The summed E-state index contributed by atoms with van der Waals surface area (Å²) in [6.07, 6.45) is 8.07. The van der Waals surface area contributed by atoms with Gasteiger partial charge in [0.05, 0.1) is 13.2 Å². The van der Waals surface area contributed by atoms with Crippen LogP contribution in [-0.4, -0.2) is 30.9 Å². The zero-order valence-corrected chi connectivity index (χ0v) is 13.5. The van der Waals surface area contributed by atoms with Gasteiger partial charge in [0.25, 0.3) is 0 Å². The van der Waals surface area contributed by atoms with Gasteiger partial charge >= 0.3 is 5.97 Å². The summed E-state index contributed by atoms with van der Waals surface area (Å²) in [4.78, 5) is 10.4. The fraction of sp³-hybridized carbons (Fsp3) is 0.526. The highest BCUT2D eigenvalue weighted by atomic mass is 16.5. The molecular formula is C19H26O4. The van der Waals surface area contributed by atoms with Gasteiger partial charge in [0, 0.05) is 13.0 Å². The van der Waals surface area contributed by atoms with E-state index in [9.17, 15) is 4.79 Å². The first-order valence-corrected chi connectivity index (χ1v) is 8.38. The Kier molecular flexibility index (Phi) is 7.67. The highest BCUT2D eigenvalue weighted by Gasteiger charge is 2.26. The van der Waals surface area contributed by atoms with E-state index < -0.39 is 5.97 Å². The molecule has 1 fully saturated rings. The van der Waals surface area contributed by atoms with Gasteiger partial charge in [-0.3, -0.25) is 4.79 Å². The number of para-hydroxylation sites is 1. The fourth-order valence-electron chi connectivity index (χ4n) is 2.83. The van der Waals surface area contributed by atoms with Crippen molar-refractivity contribution in [1.82, 2.24) is 0 Å². The van der Waals surface area contributed by atoms with Gasteiger partial charge in [0.15, 0.2) is 0 Å². The van der Waals surface area contributed by atoms with Crippen molar-refractivity contribution < 1.29 is 19.4 Å². The highest BCUT2D eigenvalue weighted by molar-refractivity contribution is 5.66. The molecule has 0 saturated carbocycles. The van der Waals surface area contributed by atoms with E-state index in [0.717, 1.165) is 44.8 Å². The third-order valence-electron chi connectivity index (χ3n) is 4.20. The molecule has 1 aromatic rings. The number of hydrogen-bond donors (Lipinski definition) is 1. The minimum Gasteiger partial charge on any atom is -0.494 e. The Morgan fingerprint density at radius 1 is 1.22 bits per heavy atom. The lowest BCUT2D eigenvalue weighted by Crippen LogP contribution is -2.15. The van der Waals surface area contributed by atoms with Crippen LogP contribution in [0.1, 0.15) is 32.1 Å². The normalized spacial score (nSPS) is 20.9. The van der Waals surface area contributed by atoms with Crippen LogP contribution in [0.5, 0.6) is 5.75 Å². The SMILES string of the molecule is O=C(O)CCC/C=C\C[C@H]1COC[C@H]1CCOc1ccccc1. The molecule has 4 nitrogen and oxygen atoms in total. The standard InChI is InChI=1S/C19H26O4/c20-19(21)11-7-2-1-4-8-16-14-22-15-17(16)12-13-23-18-9-5-3-6-10-18/h1,3-6,9-10,16-17H,2,7-8,11-15H2,(H,20,21)/b4-1-/t16-,17+/m0/s1. The number of benzene rings is 1. The van der Waals surface area contributed by atoms with E-state index >= 15 is 0 Å². The minimum atomic E-state index is -0.721. The second-order valence-electron chi connectivity index (χ2n) is 6.00. The van der Waals surface area contributed by atoms with Gasteiger partial charge in [-0.2, -0.15) is 0 Å². The van der Waals surface area contributed by atoms with E-state index in [1.807, 2.05) is 30.3 Å². The Labute approximate surface area is 138 Å². The van der Waals surface area contributed by atoms with Crippen LogP contribution in [0.4, 0.5) is 0 Å². The molecule has 0 aliphatic carbocycles. The van der Waals surface area contributed by atoms with Gasteiger partial charge < -0.3 is 14.6 Å². The van der Waals surface area contributed by atoms with Crippen LogP contribution in [0, 0.1) is 11.8 Å². The summed E-state index contributed by atoms with van der Waals surface area (Å²) in [7, 11) is 0. The summed E-state index contributed by atoms with van der Waals surface area (Å²) in [6.45, 7) is 2.35. The topological polar surface area (TPSA) is 55.8 Å². The number of ether oxygens (including phenoxy) is 2. The van der Waals surface area contributed by atoms with Crippen LogP contribution in [0.3, 0.4) is 0 Å². The predicted octanol–water partition coefficient (Wildman–Crippen LogP) is 3.92. The quantitative estimate of drug-likeness (QED) is 0.525. The Morgan fingerprint density at radius 3 is 2.78 bits per heavy atom. The second-order valence-corrected chi connectivity index (χ2v) is 6.00. The molecule has 1 aliphatic rings. The monoisotopic (exact) mass is 318 g/mol. The predicted molar refractivity (Wildman–Crippen MR) is 89.6 cm³/mol. The Morgan fingerprint density at radius 2 is 2.00 bits per heavy atom. The molecule has 2 rings (SSSR count). The van der Waals surface area contributed by atoms with Gasteiger partial charge in [0.1, 0.15) is 5.75 Å². The minimum absolute atomic E-state index is 0.246. The first kappa shape index (κ1) is 17.5. The molecule has 0 radical (unpaired) electrons. The molecule has 0 amide bonds. The molecule has 0 bridgehead atoms. The number of unbranched alkanes of at least 4 members (excludes halogenated alkanes) is 1. The lowest BCUT2D eigenvalue weighted by Gasteiger charge is -2.16. The third-order valence-corrected chi connectivity index (χ3v) is 4.20. The number of carbonyl (C=O) groups is 1. The maximum atomic E-state index is 10.4. The highest BCUT2D eigenvalue weighted by Crippen LogP contribution is 2.27. The number of carboxylic acids is 1. The van der Waals surface area contributed by atoms with Crippen LogP contribution in [0.15, 0.2) is 42.5 Å². The fourth-order valence-corrected chi connectivity index (χ4v) is 2.83. The summed E-state index contributed by atoms with van der Waals surface area (Å²) in [6, 6.07) is 9.89. The summed E-state index contributed by atoms with van der Waals surface area (Å²) in [5, 5.41) is 8.59. The summed E-state index contributed by atoms with van der Waals surface area (Å²) in [5.41, 5.74) is 0.